The van der Waals surface area contributed by atoms with E-state index in [1.165, 1.54) is 6.20 Å². The first-order valence-corrected chi connectivity index (χ1v) is 6.83. The summed E-state index contributed by atoms with van der Waals surface area (Å²) in [5.74, 6) is -0.407. The number of aldehydes is 1. The average molecular weight is 280 g/mol. The van der Waals surface area contributed by atoms with E-state index in [-0.39, 0.29) is 7.00 Å². The third kappa shape index (κ3) is 8.91. The molecule has 1 aromatic carbocycles. The number of nitrogens with one attached hydrogen (secondary N) is 1. The van der Waals surface area contributed by atoms with Gasteiger partial charge in [-0.05, 0) is 12.1 Å². The SMILES string of the molecule is CC.CC.CN(C)/C=C(\C=O)C(=O)Nc1ccccc1.[HH]. The molecule has 4 heteroatoms. The highest BCUT2D eigenvalue weighted by Gasteiger charge is 2.08. The van der Waals surface area contributed by atoms with E-state index in [4.69, 9.17) is 0 Å². The van der Waals surface area contributed by atoms with E-state index >= 15 is 0 Å². The molecular formula is C16H28N2O2. The van der Waals surface area contributed by atoms with Gasteiger partial charge in [-0.25, -0.2) is 0 Å². The summed E-state index contributed by atoms with van der Waals surface area (Å²) in [6.07, 6.45) is 2.02. The van der Waals surface area contributed by atoms with E-state index in [1.807, 2.05) is 45.9 Å². The lowest BCUT2D eigenvalue weighted by atomic mass is 10.2. The second-order valence-electron chi connectivity index (χ2n) is 3.49. The van der Waals surface area contributed by atoms with Crippen LogP contribution in [-0.4, -0.2) is 31.2 Å². The van der Waals surface area contributed by atoms with Gasteiger partial charge in [-0.15, -0.1) is 0 Å². The summed E-state index contributed by atoms with van der Waals surface area (Å²) in [5.41, 5.74) is 0.757. The van der Waals surface area contributed by atoms with Crippen molar-refractivity contribution in [3.63, 3.8) is 0 Å². The van der Waals surface area contributed by atoms with Gasteiger partial charge in [0.05, 0.1) is 5.57 Å². The molecule has 1 rings (SSSR count). The van der Waals surface area contributed by atoms with Gasteiger partial charge in [0.15, 0.2) is 6.29 Å². The van der Waals surface area contributed by atoms with Crippen LogP contribution in [0.4, 0.5) is 5.69 Å². The Morgan fingerprint density at radius 3 is 2.00 bits per heavy atom. The number of para-hydroxylation sites is 1. The molecule has 0 radical (unpaired) electrons. The molecule has 0 saturated heterocycles. The van der Waals surface area contributed by atoms with Gasteiger partial charge < -0.3 is 10.2 Å². The van der Waals surface area contributed by atoms with E-state index < -0.39 is 5.91 Å². The predicted molar refractivity (Wildman–Crippen MR) is 87.7 cm³/mol. The largest absolute Gasteiger partial charge is 0.383 e. The van der Waals surface area contributed by atoms with Crippen molar-refractivity contribution in [3.8, 4) is 0 Å². The molecule has 1 aromatic rings. The second-order valence-corrected chi connectivity index (χ2v) is 3.49. The van der Waals surface area contributed by atoms with Crippen LogP contribution in [0.15, 0.2) is 42.1 Å². The van der Waals surface area contributed by atoms with Gasteiger partial charge in [-0.1, -0.05) is 45.9 Å². The molecule has 0 saturated carbocycles. The molecule has 0 spiro atoms. The van der Waals surface area contributed by atoms with Crippen molar-refractivity contribution in [1.82, 2.24) is 4.90 Å². The summed E-state index contributed by atoms with van der Waals surface area (Å²) in [7, 11) is 3.50. The Morgan fingerprint density at radius 1 is 1.10 bits per heavy atom. The number of amides is 1. The van der Waals surface area contributed by atoms with E-state index in [0.717, 1.165) is 0 Å². The fraction of sp³-hybridized carbons (Fsp3) is 0.375. The maximum absolute atomic E-state index is 11.6. The molecule has 1 N–H and O–H groups in total. The lowest BCUT2D eigenvalue weighted by molar-refractivity contribution is -0.115. The third-order valence-corrected chi connectivity index (χ3v) is 1.82. The molecule has 0 heterocycles. The quantitative estimate of drug-likeness (QED) is 0.397. The molecule has 0 atom stereocenters. The van der Waals surface area contributed by atoms with Gasteiger partial charge in [-0.3, -0.25) is 9.59 Å². The number of rotatable bonds is 4. The predicted octanol–water partition coefficient (Wildman–Crippen LogP) is 3.57. The van der Waals surface area contributed by atoms with Crippen molar-refractivity contribution in [3.05, 3.63) is 42.1 Å². The van der Waals surface area contributed by atoms with Gasteiger partial charge in [-0.2, -0.15) is 0 Å². The van der Waals surface area contributed by atoms with Crippen LogP contribution >= 0.6 is 0 Å². The zero-order chi connectivity index (χ0) is 16.0. The molecule has 0 unspecified atom stereocenters. The molecule has 0 fully saturated rings. The molecule has 20 heavy (non-hydrogen) atoms. The van der Waals surface area contributed by atoms with E-state index in [9.17, 15) is 9.59 Å². The lowest BCUT2D eigenvalue weighted by Crippen LogP contribution is -2.17. The molecule has 114 valence electrons. The van der Waals surface area contributed by atoms with Crippen LogP contribution in [0.3, 0.4) is 0 Å². The van der Waals surface area contributed by atoms with Crippen molar-refractivity contribution in [2.75, 3.05) is 19.4 Å². The minimum atomic E-state index is -0.407. The van der Waals surface area contributed by atoms with Gasteiger partial charge in [0.1, 0.15) is 0 Å². The summed E-state index contributed by atoms with van der Waals surface area (Å²) in [5, 5.41) is 2.63. The van der Waals surface area contributed by atoms with Crippen molar-refractivity contribution < 1.29 is 11.0 Å². The smallest absolute Gasteiger partial charge is 0.260 e. The number of carbonyl (C=O) groups excluding carboxylic acids is 2. The average Bonchev–Trinajstić information content (AvgIpc) is 2.49. The van der Waals surface area contributed by atoms with E-state index in [1.54, 1.807) is 31.1 Å². The molecule has 0 aromatic heterocycles. The Morgan fingerprint density at radius 2 is 1.60 bits per heavy atom. The normalized spacial score (nSPS) is 9.20. The molecule has 0 aliphatic rings. The minimum absolute atomic E-state index is 0. The monoisotopic (exact) mass is 280 g/mol. The number of hydrogen-bond donors (Lipinski definition) is 1. The Hall–Kier alpha value is -2.10. The van der Waals surface area contributed by atoms with Crippen LogP contribution in [-0.2, 0) is 9.59 Å². The zero-order valence-electron chi connectivity index (χ0n) is 13.3. The summed E-state index contributed by atoms with van der Waals surface area (Å²) < 4.78 is 0. The Labute approximate surface area is 124 Å². The first-order valence-electron chi connectivity index (χ1n) is 6.83. The van der Waals surface area contributed by atoms with Crippen LogP contribution < -0.4 is 5.32 Å². The fourth-order valence-electron chi connectivity index (χ4n) is 1.15. The lowest BCUT2D eigenvalue weighted by Gasteiger charge is -2.08. The minimum Gasteiger partial charge on any atom is -0.383 e. The molecule has 0 aliphatic heterocycles. The zero-order valence-corrected chi connectivity index (χ0v) is 13.3. The number of anilines is 1. The molecule has 1 amide bonds. The number of nitrogens with zero attached hydrogens (tertiary/aromatic N) is 1. The summed E-state index contributed by atoms with van der Waals surface area (Å²) in [6, 6.07) is 9.00. The highest BCUT2D eigenvalue weighted by Crippen LogP contribution is 2.06. The van der Waals surface area contributed by atoms with Crippen LogP contribution in [0.1, 0.15) is 29.1 Å². The number of hydrogen-bond acceptors (Lipinski definition) is 3. The summed E-state index contributed by atoms with van der Waals surface area (Å²) in [6.45, 7) is 8.00. The van der Waals surface area contributed by atoms with Crippen LogP contribution in [0.2, 0.25) is 0 Å². The Balaban J connectivity index is -0.000000595. The van der Waals surface area contributed by atoms with Crippen LogP contribution in [0.25, 0.3) is 0 Å². The molecule has 4 nitrogen and oxygen atoms in total. The molecule has 0 bridgehead atoms. The van der Waals surface area contributed by atoms with E-state index in [2.05, 4.69) is 5.32 Å². The van der Waals surface area contributed by atoms with Crippen LogP contribution in [0, 0.1) is 0 Å². The maximum atomic E-state index is 11.6. The second kappa shape index (κ2) is 13.3. The molecule has 0 aliphatic carbocycles. The topological polar surface area (TPSA) is 49.4 Å². The molecular weight excluding hydrogens is 252 g/mol. The van der Waals surface area contributed by atoms with Gasteiger partial charge in [0, 0.05) is 27.4 Å². The van der Waals surface area contributed by atoms with E-state index in [0.29, 0.717) is 12.0 Å². The number of carbonyl (C=O) groups is 2. The van der Waals surface area contributed by atoms with Crippen molar-refractivity contribution >= 4 is 17.9 Å². The fourth-order valence-corrected chi connectivity index (χ4v) is 1.15. The number of benzene rings is 1. The summed E-state index contributed by atoms with van der Waals surface area (Å²) >= 11 is 0. The van der Waals surface area contributed by atoms with Crippen molar-refractivity contribution in [2.45, 2.75) is 27.7 Å². The first-order chi connectivity index (χ1) is 9.63. The maximum Gasteiger partial charge on any atom is 0.260 e. The van der Waals surface area contributed by atoms with Crippen molar-refractivity contribution in [2.24, 2.45) is 0 Å². The van der Waals surface area contributed by atoms with Gasteiger partial charge in [0.25, 0.3) is 5.91 Å². The van der Waals surface area contributed by atoms with Crippen molar-refractivity contribution in [1.29, 1.82) is 0 Å². The highest BCUT2D eigenvalue weighted by molar-refractivity contribution is 6.16. The third-order valence-electron chi connectivity index (χ3n) is 1.82. The Kier molecular flexibility index (Phi) is 13.5. The first kappa shape index (κ1) is 20.2. The van der Waals surface area contributed by atoms with Crippen LogP contribution in [0.5, 0.6) is 0 Å². The van der Waals surface area contributed by atoms with Gasteiger partial charge >= 0.3 is 0 Å². The Bertz CT molecular complexity index is 404. The standard InChI is InChI=1S/C12H14N2O2.2C2H6.H2/c1-14(2)8-10(9-15)12(16)13-11-6-4-3-5-7-11;2*1-2;/h3-9H,1-2H3,(H,13,16);2*1-2H3;1H/b10-8+;;;. The van der Waals surface area contributed by atoms with Gasteiger partial charge in [0.2, 0.25) is 0 Å². The highest BCUT2D eigenvalue weighted by atomic mass is 16.2. The summed E-state index contributed by atoms with van der Waals surface area (Å²) in [4.78, 5) is 24.0.